The molecule has 3 aromatic rings. The highest BCUT2D eigenvalue weighted by Gasteiger charge is 2.29. The fourth-order valence-electron chi connectivity index (χ4n) is 4.85. The quantitative estimate of drug-likeness (QED) is 0.352. The Morgan fingerprint density at radius 1 is 1.08 bits per heavy atom. The van der Waals surface area contributed by atoms with E-state index in [-0.39, 0.29) is 11.9 Å². The number of halogens is 3. The van der Waals surface area contributed by atoms with Gasteiger partial charge in [-0.3, -0.25) is 9.69 Å². The van der Waals surface area contributed by atoms with E-state index in [9.17, 15) is 9.18 Å². The molecule has 36 heavy (non-hydrogen) atoms. The number of carbonyl (C=O) groups excluding carboxylic acids is 1. The summed E-state index contributed by atoms with van der Waals surface area (Å²) in [6, 6.07) is 17.1. The molecule has 2 heterocycles. The van der Waals surface area contributed by atoms with Crippen LogP contribution in [0.1, 0.15) is 29.4 Å². The van der Waals surface area contributed by atoms with Crippen molar-refractivity contribution in [3.63, 3.8) is 0 Å². The lowest BCUT2D eigenvalue weighted by molar-refractivity contribution is 0.0641. The Kier molecular flexibility index (Phi) is 8.94. The number of aryl methyl sites for hydroxylation is 1. The van der Waals surface area contributed by atoms with Crippen LogP contribution in [-0.2, 0) is 0 Å². The van der Waals surface area contributed by atoms with Crippen LogP contribution in [-0.4, -0.2) is 72.7 Å². The van der Waals surface area contributed by atoms with Gasteiger partial charge in [-0.05, 0) is 37.1 Å². The molecule has 1 unspecified atom stereocenters. The molecule has 1 saturated heterocycles. The van der Waals surface area contributed by atoms with Crippen LogP contribution in [0.5, 0.6) is 0 Å². The topological polar surface area (TPSA) is 42.6 Å². The Labute approximate surface area is 222 Å². The molecule has 5 nitrogen and oxygen atoms in total. The third-order valence-corrected chi connectivity index (χ3v) is 7.63. The summed E-state index contributed by atoms with van der Waals surface area (Å²) in [4.78, 5) is 23.0. The van der Waals surface area contributed by atoms with Crippen LogP contribution < -0.4 is 4.90 Å². The first-order chi connectivity index (χ1) is 17.4. The Hall–Kier alpha value is -2.54. The second-order valence-corrected chi connectivity index (χ2v) is 10.0. The van der Waals surface area contributed by atoms with E-state index in [0.717, 1.165) is 42.1 Å². The number of anilines is 1. The van der Waals surface area contributed by atoms with Gasteiger partial charge in [0.2, 0.25) is 0 Å². The van der Waals surface area contributed by atoms with Crippen molar-refractivity contribution in [1.82, 2.24) is 14.8 Å². The molecule has 4 rings (SSSR count). The molecule has 1 N–H and O–H groups in total. The number of rotatable bonds is 9. The van der Waals surface area contributed by atoms with Crippen LogP contribution >= 0.6 is 23.2 Å². The van der Waals surface area contributed by atoms with Crippen LogP contribution in [0.2, 0.25) is 10.0 Å². The number of amides is 1. The summed E-state index contributed by atoms with van der Waals surface area (Å²) in [5.74, 6) is -0.0597. The molecular formula is C28H33Cl2FN4O. The highest BCUT2D eigenvalue weighted by molar-refractivity contribution is 6.43. The number of benzene rings is 2. The number of nitrogens with zero attached hydrogens (tertiary/aromatic N) is 3. The minimum Gasteiger partial charge on any atom is -0.368 e. The second-order valence-electron chi connectivity index (χ2n) is 9.24. The summed E-state index contributed by atoms with van der Waals surface area (Å²) < 4.78 is 14.3. The van der Waals surface area contributed by atoms with Gasteiger partial charge in [-0.25, -0.2) is 4.39 Å². The Morgan fingerprint density at radius 2 is 1.81 bits per heavy atom. The van der Waals surface area contributed by atoms with Crippen molar-refractivity contribution in [3.05, 3.63) is 75.9 Å². The zero-order valence-electron chi connectivity index (χ0n) is 20.8. The van der Waals surface area contributed by atoms with Crippen molar-refractivity contribution >= 4 is 34.8 Å². The smallest absolute Gasteiger partial charge is 0.255 e. The second kappa shape index (κ2) is 12.1. The number of piperazine rings is 1. The molecule has 0 radical (unpaired) electrons. The van der Waals surface area contributed by atoms with E-state index >= 15 is 0 Å². The van der Waals surface area contributed by atoms with Gasteiger partial charge in [0.15, 0.2) is 0 Å². The Balaban J connectivity index is 1.44. The number of carbonyl (C=O) groups is 1. The highest BCUT2D eigenvalue weighted by Crippen LogP contribution is 2.33. The fourth-order valence-corrected chi connectivity index (χ4v) is 5.27. The number of H-pyrrole nitrogens is 1. The molecule has 0 bridgehead atoms. The average Bonchev–Trinajstić information content (AvgIpc) is 3.30. The Bertz CT molecular complexity index is 1160. The molecule has 1 fully saturated rings. The number of hydrogen-bond acceptors (Lipinski definition) is 3. The highest BCUT2D eigenvalue weighted by atomic mass is 35.5. The summed E-state index contributed by atoms with van der Waals surface area (Å²) in [5.41, 5.74) is 4.30. The van der Waals surface area contributed by atoms with Crippen molar-refractivity contribution in [2.75, 3.05) is 50.8 Å². The lowest BCUT2D eigenvalue weighted by atomic mass is 10.1. The fraction of sp³-hybridized carbons (Fsp3) is 0.393. The molecule has 1 atom stereocenters. The predicted octanol–water partition coefficient (Wildman–Crippen LogP) is 6.31. The van der Waals surface area contributed by atoms with Gasteiger partial charge >= 0.3 is 0 Å². The van der Waals surface area contributed by atoms with Gasteiger partial charge in [0.1, 0.15) is 6.67 Å². The van der Waals surface area contributed by atoms with E-state index in [1.807, 2.05) is 62.4 Å². The molecule has 1 aromatic heterocycles. The van der Waals surface area contributed by atoms with Gasteiger partial charge in [-0.2, -0.15) is 0 Å². The zero-order chi connectivity index (χ0) is 25.7. The van der Waals surface area contributed by atoms with E-state index in [2.05, 4.69) is 14.8 Å². The largest absolute Gasteiger partial charge is 0.368 e. The lowest BCUT2D eigenvalue weighted by Crippen LogP contribution is -2.55. The van der Waals surface area contributed by atoms with E-state index in [0.29, 0.717) is 41.8 Å². The molecule has 1 aliphatic rings. The summed E-state index contributed by atoms with van der Waals surface area (Å²) >= 11 is 12.6. The predicted molar refractivity (Wildman–Crippen MR) is 147 cm³/mol. The number of nitrogens with one attached hydrogen (secondary N) is 1. The van der Waals surface area contributed by atoms with Gasteiger partial charge in [-0.15, -0.1) is 0 Å². The maximum atomic E-state index is 14.3. The molecule has 0 aliphatic carbocycles. The van der Waals surface area contributed by atoms with Crippen molar-refractivity contribution in [2.45, 2.75) is 26.3 Å². The van der Waals surface area contributed by atoms with Crippen molar-refractivity contribution < 1.29 is 9.18 Å². The van der Waals surface area contributed by atoms with Crippen LogP contribution in [0.3, 0.4) is 0 Å². The van der Waals surface area contributed by atoms with Crippen LogP contribution in [0.15, 0.2) is 54.6 Å². The lowest BCUT2D eigenvalue weighted by Gasteiger charge is -2.41. The van der Waals surface area contributed by atoms with E-state index < -0.39 is 6.67 Å². The summed E-state index contributed by atoms with van der Waals surface area (Å²) in [7, 11) is 0. The first kappa shape index (κ1) is 26.5. The van der Waals surface area contributed by atoms with Gasteiger partial charge in [0, 0.05) is 50.7 Å². The van der Waals surface area contributed by atoms with Gasteiger partial charge in [-0.1, -0.05) is 66.5 Å². The molecule has 8 heteroatoms. The SMILES string of the molecule is CCCN(CC(CF)N1CCN(c2cccc(Cl)c2Cl)CC1)C(=O)c1cc(-c2ccccc2)[nH]c1C. The molecule has 2 aromatic carbocycles. The zero-order valence-corrected chi connectivity index (χ0v) is 22.3. The van der Waals surface area contributed by atoms with Crippen molar-refractivity contribution in [1.29, 1.82) is 0 Å². The summed E-state index contributed by atoms with van der Waals surface area (Å²) in [6.07, 6.45) is 0.806. The van der Waals surface area contributed by atoms with Gasteiger partial charge in [0.05, 0.1) is 27.3 Å². The maximum Gasteiger partial charge on any atom is 0.255 e. The molecule has 0 spiro atoms. The first-order valence-electron chi connectivity index (χ1n) is 12.5. The van der Waals surface area contributed by atoms with Crippen LogP contribution in [0, 0.1) is 6.92 Å². The van der Waals surface area contributed by atoms with Gasteiger partial charge in [0.25, 0.3) is 5.91 Å². The van der Waals surface area contributed by atoms with Gasteiger partial charge < -0.3 is 14.8 Å². The van der Waals surface area contributed by atoms with Crippen molar-refractivity contribution in [2.24, 2.45) is 0 Å². The molecule has 0 saturated carbocycles. The standard InChI is InChI=1S/C28H33Cl2FN4O/c1-3-12-35(28(36)23-17-25(32-20(23)2)21-8-5-4-6-9-21)19-22(18-31)33-13-15-34(16-14-33)26-11-7-10-24(29)27(26)30/h4-11,17,22,32H,3,12-16,18-19H2,1-2H3. The number of alkyl halides is 1. The molecule has 1 aliphatic heterocycles. The Morgan fingerprint density at radius 3 is 2.47 bits per heavy atom. The summed E-state index contributed by atoms with van der Waals surface area (Å²) in [6.45, 7) is 7.19. The third-order valence-electron chi connectivity index (χ3n) is 6.82. The monoisotopic (exact) mass is 530 g/mol. The number of aromatic nitrogens is 1. The molecular weight excluding hydrogens is 498 g/mol. The van der Waals surface area contributed by atoms with E-state index in [4.69, 9.17) is 23.2 Å². The molecule has 192 valence electrons. The number of hydrogen-bond donors (Lipinski definition) is 1. The minimum absolute atomic E-state index is 0.0597. The third kappa shape index (κ3) is 5.88. The van der Waals surface area contributed by atoms with E-state index in [1.54, 1.807) is 11.0 Å². The minimum atomic E-state index is -0.507. The van der Waals surface area contributed by atoms with Crippen LogP contribution in [0.4, 0.5) is 10.1 Å². The van der Waals surface area contributed by atoms with E-state index in [1.165, 1.54) is 0 Å². The maximum absolute atomic E-state index is 14.3. The summed E-state index contributed by atoms with van der Waals surface area (Å²) in [5, 5.41) is 1.08. The average molecular weight is 532 g/mol. The number of aromatic amines is 1. The first-order valence-corrected chi connectivity index (χ1v) is 13.2. The molecule has 1 amide bonds. The van der Waals surface area contributed by atoms with Crippen molar-refractivity contribution in [3.8, 4) is 11.3 Å². The van der Waals surface area contributed by atoms with Crippen LogP contribution in [0.25, 0.3) is 11.3 Å². The normalized spacial score (nSPS) is 15.2.